The van der Waals surface area contributed by atoms with Gasteiger partial charge in [-0.3, -0.25) is 4.79 Å². The van der Waals surface area contributed by atoms with Crippen LogP contribution < -0.4 is 14.3 Å². The zero-order valence-electron chi connectivity index (χ0n) is 15.4. The normalized spacial score (nSPS) is 13.9. The van der Waals surface area contributed by atoms with Gasteiger partial charge in [0, 0.05) is 18.7 Å². The molecule has 1 amide bonds. The van der Waals surface area contributed by atoms with Gasteiger partial charge in [-0.25, -0.2) is 12.8 Å². The van der Waals surface area contributed by atoms with Gasteiger partial charge in [0.1, 0.15) is 11.6 Å². The molecule has 0 saturated carbocycles. The molecule has 1 aromatic heterocycles. The highest BCUT2D eigenvalue weighted by Crippen LogP contribution is 2.37. The SMILES string of the molecule is CCCn1c(=NC(=O)CS(=O)(=O)c2ccc(F)cc2)sc2cc3c(cc21)OCO3. The number of halogens is 1. The van der Waals surface area contributed by atoms with Gasteiger partial charge >= 0.3 is 0 Å². The number of hydrogen-bond acceptors (Lipinski definition) is 6. The smallest absolute Gasteiger partial charge is 0.263 e. The van der Waals surface area contributed by atoms with Crippen LogP contribution in [-0.2, 0) is 21.2 Å². The van der Waals surface area contributed by atoms with Crippen LogP contribution in [0.2, 0.25) is 0 Å². The molecular formula is C19H17FN2O5S2. The predicted molar refractivity (Wildman–Crippen MR) is 105 cm³/mol. The Morgan fingerprint density at radius 1 is 1.21 bits per heavy atom. The fourth-order valence-electron chi connectivity index (χ4n) is 3.01. The standard InChI is InChI=1S/C19H17FN2O5S2/c1-2-7-22-14-8-15-16(27-11-26-15)9-17(14)28-19(22)21-18(23)10-29(24,25)13-5-3-12(20)4-6-13/h3-6,8-9H,2,7,10-11H2,1H3. The van der Waals surface area contributed by atoms with Crippen LogP contribution in [0.1, 0.15) is 13.3 Å². The number of carbonyl (C=O) groups is 1. The van der Waals surface area contributed by atoms with Crippen molar-refractivity contribution in [2.75, 3.05) is 12.5 Å². The Morgan fingerprint density at radius 3 is 2.59 bits per heavy atom. The number of aromatic nitrogens is 1. The first-order valence-corrected chi connectivity index (χ1v) is 11.3. The van der Waals surface area contributed by atoms with E-state index < -0.39 is 27.3 Å². The summed E-state index contributed by atoms with van der Waals surface area (Å²) < 4.78 is 51.4. The number of thiazole rings is 1. The first kappa shape index (κ1) is 19.6. The molecule has 0 saturated heterocycles. The number of ether oxygens (including phenoxy) is 2. The van der Waals surface area contributed by atoms with Crippen LogP contribution in [0.25, 0.3) is 10.2 Å². The maximum absolute atomic E-state index is 13.0. The number of rotatable bonds is 5. The number of nitrogens with zero attached hydrogens (tertiary/aromatic N) is 2. The fraction of sp³-hybridized carbons (Fsp3) is 0.263. The molecule has 2 aromatic carbocycles. The van der Waals surface area contributed by atoms with Gasteiger partial charge in [-0.05, 0) is 30.7 Å². The zero-order chi connectivity index (χ0) is 20.6. The number of benzene rings is 2. The largest absolute Gasteiger partial charge is 0.454 e. The number of amides is 1. The van der Waals surface area contributed by atoms with E-state index in [1.54, 1.807) is 0 Å². The lowest BCUT2D eigenvalue weighted by atomic mass is 10.3. The Balaban J connectivity index is 1.70. The summed E-state index contributed by atoms with van der Waals surface area (Å²) in [5, 5.41) is 0. The molecule has 0 spiro atoms. The van der Waals surface area contributed by atoms with Gasteiger partial charge in [-0.15, -0.1) is 0 Å². The van der Waals surface area contributed by atoms with Crippen LogP contribution >= 0.6 is 11.3 Å². The molecule has 152 valence electrons. The second kappa shape index (κ2) is 7.60. The Hall–Kier alpha value is -2.72. The Labute approximate surface area is 169 Å². The maximum Gasteiger partial charge on any atom is 0.263 e. The summed E-state index contributed by atoms with van der Waals surface area (Å²) in [6.45, 7) is 2.77. The summed E-state index contributed by atoms with van der Waals surface area (Å²) in [6, 6.07) is 8.01. The van der Waals surface area contributed by atoms with Crippen molar-refractivity contribution < 1.29 is 27.1 Å². The summed E-state index contributed by atoms with van der Waals surface area (Å²) in [5.41, 5.74) is 0.842. The molecule has 0 unspecified atom stereocenters. The zero-order valence-corrected chi connectivity index (χ0v) is 17.1. The maximum atomic E-state index is 13.0. The average molecular weight is 436 g/mol. The van der Waals surface area contributed by atoms with Gasteiger partial charge in [0.05, 0.1) is 15.1 Å². The molecule has 7 nitrogen and oxygen atoms in total. The van der Waals surface area contributed by atoms with E-state index in [1.165, 1.54) is 11.3 Å². The second-order valence-electron chi connectivity index (χ2n) is 6.43. The summed E-state index contributed by atoms with van der Waals surface area (Å²) in [7, 11) is -3.91. The lowest BCUT2D eigenvalue weighted by Crippen LogP contribution is -2.21. The monoisotopic (exact) mass is 436 g/mol. The minimum Gasteiger partial charge on any atom is -0.454 e. The lowest BCUT2D eigenvalue weighted by molar-refractivity contribution is -0.115. The van der Waals surface area contributed by atoms with Crippen molar-refractivity contribution >= 4 is 37.3 Å². The van der Waals surface area contributed by atoms with Crippen LogP contribution in [0.5, 0.6) is 11.5 Å². The molecule has 0 atom stereocenters. The Morgan fingerprint density at radius 2 is 1.90 bits per heavy atom. The number of fused-ring (bicyclic) bond motifs is 2. The molecule has 10 heteroatoms. The van der Waals surface area contributed by atoms with Crippen molar-refractivity contribution in [3.8, 4) is 11.5 Å². The fourth-order valence-corrected chi connectivity index (χ4v) is 5.20. The first-order valence-electron chi connectivity index (χ1n) is 8.86. The van der Waals surface area contributed by atoms with Gasteiger partial charge in [-0.2, -0.15) is 4.99 Å². The molecule has 0 radical (unpaired) electrons. The van der Waals surface area contributed by atoms with E-state index in [0.717, 1.165) is 40.9 Å². The van der Waals surface area contributed by atoms with Crippen LogP contribution in [0.4, 0.5) is 4.39 Å². The van der Waals surface area contributed by atoms with E-state index in [0.29, 0.717) is 22.8 Å². The molecule has 1 aliphatic rings. The summed E-state index contributed by atoms with van der Waals surface area (Å²) >= 11 is 1.28. The third-order valence-electron chi connectivity index (χ3n) is 4.33. The minimum atomic E-state index is -3.91. The molecule has 3 aromatic rings. The minimum absolute atomic E-state index is 0.119. The summed E-state index contributed by atoms with van der Waals surface area (Å²) in [5.74, 6) is -0.880. The van der Waals surface area contributed by atoms with Crippen LogP contribution in [0, 0.1) is 5.82 Å². The second-order valence-corrected chi connectivity index (χ2v) is 9.43. The number of aryl methyl sites for hydroxylation is 1. The van der Waals surface area contributed by atoms with E-state index in [4.69, 9.17) is 9.47 Å². The highest BCUT2D eigenvalue weighted by Gasteiger charge is 2.21. The van der Waals surface area contributed by atoms with Crippen molar-refractivity contribution in [2.24, 2.45) is 4.99 Å². The highest BCUT2D eigenvalue weighted by atomic mass is 32.2. The van der Waals surface area contributed by atoms with E-state index in [9.17, 15) is 17.6 Å². The van der Waals surface area contributed by atoms with Gasteiger partial charge in [0.2, 0.25) is 6.79 Å². The van der Waals surface area contributed by atoms with Crippen LogP contribution in [0.15, 0.2) is 46.3 Å². The van der Waals surface area contributed by atoms with Crippen molar-refractivity contribution in [3.63, 3.8) is 0 Å². The quantitative estimate of drug-likeness (QED) is 0.574. The predicted octanol–water partition coefficient (Wildman–Crippen LogP) is 2.88. The molecular weight excluding hydrogens is 419 g/mol. The van der Waals surface area contributed by atoms with Crippen LogP contribution in [0.3, 0.4) is 0 Å². The van der Waals surface area contributed by atoms with E-state index in [2.05, 4.69) is 4.99 Å². The van der Waals surface area contributed by atoms with Crippen molar-refractivity contribution in [1.29, 1.82) is 0 Å². The number of carbonyl (C=O) groups excluding carboxylic acids is 1. The van der Waals surface area contributed by atoms with Crippen molar-refractivity contribution in [3.05, 3.63) is 47.0 Å². The number of sulfone groups is 1. The molecule has 0 N–H and O–H groups in total. The summed E-state index contributed by atoms with van der Waals surface area (Å²) in [4.78, 5) is 16.8. The van der Waals surface area contributed by atoms with Gasteiger partial charge in [0.25, 0.3) is 5.91 Å². The van der Waals surface area contributed by atoms with Crippen molar-refractivity contribution in [1.82, 2.24) is 4.57 Å². The Bertz CT molecular complexity index is 1260. The molecule has 29 heavy (non-hydrogen) atoms. The first-order chi connectivity index (χ1) is 13.9. The topological polar surface area (TPSA) is 87.0 Å². The van der Waals surface area contributed by atoms with E-state index in [-0.39, 0.29) is 11.7 Å². The Kier molecular flexibility index (Phi) is 5.13. The molecule has 0 fully saturated rings. The lowest BCUT2D eigenvalue weighted by Gasteiger charge is -2.04. The van der Waals surface area contributed by atoms with E-state index in [1.807, 2.05) is 23.6 Å². The number of hydrogen-bond donors (Lipinski definition) is 0. The van der Waals surface area contributed by atoms with Gasteiger partial charge < -0.3 is 14.0 Å². The van der Waals surface area contributed by atoms with Crippen LogP contribution in [-0.4, -0.2) is 31.4 Å². The van der Waals surface area contributed by atoms with Gasteiger partial charge in [0.15, 0.2) is 26.1 Å². The molecule has 0 bridgehead atoms. The molecule has 4 rings (SSSR count). The van der Waals surface area contributed by atoms with Crippen molar-refractivity contribution in [2.45, 2.75) is 24.8 Å². The molecule has 2 heterocycles. The van der Waals surface area contributed by atoms with Gasteiger partial charge in [-0.1, -0.05) is 18.3 Å². The average Bonchev–Trinajstić information content (AvgIpc) is 3.24. The van der Waals surface area contributed by atoms with E-state index >= 15 is 0 Å². The summed E-state index contributed by atoms with van der Waals surface area (Å²) in [6.07, 6.45) is 0.801. The highest BCUT2D eigenvalue weighted by molar-refractivity contribution is 7.92. The third kappa shape index (κ3) is 3.90. The molecule has 0 aliphatic carbocycles. The third-order valence-corrected chi connectivity index (χ3v) is 6.99. The molecule has 1 aliphatic heterocycles.